The van der Waals surface area contributed by atoms with Crippen molar-refractivity contribution in [3.8, 4) is 0 Å². The number of hydrogen-bond donors (Lipinski definition) is 0. The van der Waals surface area contributed by atoms with Gasteiger partial charge in [0.1, 0.15) is 6.54 Å². The lowest BCUT2D eigenvalue weighted by molar-refractivity contribution is -0.143. The van der Waals surface area contributed by atoms with Gasteiger partial charge in [-0.25, -0.2) is 0 Å². The lowest BCUT2D eigenvalue weighted by Gasteiger charge is -2.06. The van der Waals surface area contributed by atoms with E-state index in [1.54, 1.807) is 28.9 Å². The minimum Gasteiger partial charge on any atom is -0.465 e. The summed E-state index contributed by atoms with van der Waals surface area (Å²) in [5, 5.41) is 1.95. The van der Waals surface area contributed by atoms with E-state index in [1.165, 1.54) is 17.4 Å². The topological polar surface area (TPSA) is 60.7 Å². The number of aromatic nitrogens is 1. The molecule has 0 radical (unpaired) electrons. The Morgan fingerprint density at radius 2 is 2.11 bits per heavy atom. The fraction of sp³-hybridized carbons (Fsp3) is 0.250. The van der Waals surface area contributed by atoms with Crippen LogP contribution in [0.4, 0.5) is 0 Å². The summed E-state index contributed by atoms with van der Waals surface area (Å²) in [7, 11) is 0. The second-order valence-corrected chi connectivity index (χ2v) is 7.96. The SMILES string of the molecule is CCOC(=O)Cn1c(=NC(=O)/C=C/c2cccs2)sc2c(C)cc(C)cc21. The van der Waals surface area contributed by atoms with Crippen LogP contribution in [0.5, 0.6) is 0 Å². The lowest BCUT2D eigenvalue weighted by atomic mass is 10.1. The van der Waals surface area contributed by atoms with Gasteiger partial charge in [-0.3, -0.25) is 9.59 Å². The third kappa shape index (κ3) is 4.61. The zero-order chi connectivity index (χ0) is 19.4. The summed E-state index contributed by atoms with van der Waals surface area (Å²) >= 11 is 2.96. The van der Waals surface area contributed by atoms with Crippen LogP contribution in [0.2, 0.25) is 0 Å². The van der Waals surface area contributed by atoms with Gasteiger partial charge in [-0.15, -0.1) is 11.3 Å². The molecule has 0 fully saturated rings. The molecule has 7 heteroatoms. The third-order valence-electron chi connectivity index (χ3n) is 3.85. The molecule has 0 N–H and O–H groups in total. The van der Waals surface area contributed by atoms with Crippen molar-refractivity contribution in [1.29, 1.82) is 0 Å². The van der Waals surface area contributed by atoms with Crippen molar-refractivity contribution in [2.75, 3.05) is 6.61 Å². The van der Waals surface area contributed by atoms with Gasteiger partial charge in [-0.05, 0) is 55.5 Å². The van der Waals surface area contributed by atoms with Crippen molar-refractivity contribution >= 4 is 50.8 Å². The van der Waals surface area contributed by atoms with E-state index < -0.39 is 0 Å². The van der Waals surface area contributed by atoms with E-state index in [9.17, 15) is 9.59 Å². The molecule has 0 aliphatic rings. The normalized spacial score (nSPS) is 12.2. The number of benzene rings is 1. The first-order chi connectivity index (χ1) is 13.0. The fourth-order valence-electron chi connectivity index (χ4n) is 2.76. The van der Waals surface area contributed by atoms with Crippen LogP contribution in [0.25, 0.3) is 16.3 Å². The molecule has 0 unspecified atom stereocenters. The number of nitrogens with zero attached hydrogens (tertiary/aromatic N) is 2. The van der Waals surface area contributed by atoms with E-state index in [-0.39, 0.29) is 18.4 Å². The summed E-state index contributed by atoms with van der Waals surface area (Å²) in [4.78, 5) is 30.1. The van der Waals surface area contributed by atoms with Crippen molar-refractivity contribution < 1.29 is 14.3 Å². The van der Waals surface area contributed by atoms with Crippen LogP contribution >= 0.6 is 22.7 Å². The average Bonchev–Trinajstić information content (AvgIpc) is 3.23. The number of hydrogen-bond acceptors (Lipinski definition) is 5. The van der Waals surface area contributed by atoms with Crippen molar-refractivity contribution in [1.82, 2.24) is 4.57 Å². The standard InChI is InChI=1S/C20H20N2O3S2/c1-4-25-18(24)12-22-16-11-13(2)10-14(3)19(16)27-20(22)21-17(23)8-7-15-6-5-9-26-15/h5-11H,4,12H2,1-3H3/b8-7+,21-20?. The summed E-state index contributed by atoms with van der Waals surface area (Å²) in [5.74, 6) is -0.707. The van der Waals surface area contributed by atoms with Gasteiger partial charge < -0.3 is 9.30 Å². The number of thiophene rings is 1. The number of amides is 1. The molecule has 3 rings (SSSR count). The molecule has 3 aromatic rings. The van der Waals surface area contributed by atoms with Gasteiger partial charge in [0.05, 0.1) is 16.8 Å². The van der Waals surface area contributed by atoms with E-state index in [2.05, 4.69) is 11.1 Å². The first-order valence-corrected chi connectivity index (χ1v) is 10.2. The summed E-state index contributed by atoms with van der Waals surface area (Å²) < 4.78 is 7.86. The molecule has 0 aliphatic heterocycles. The van der Waals surface area contributed by atoms with Crippen LogP contribution in [0.3, 0.4) is 0 Å². The predicted molar refractivity (Wildman–Crippen MR) is 110 cm³/mol. The molecule has 2 heterocycles. The monoisotopic (exact) mass is 400 g/mol. The minimum atomic E-state index is -0.359. The van der Waals surface area contributed by atoms with E-state index in [1.807, 2.05) is 37.4 Å². The van der Waals surface area contributed by atoms with Gasteiger partial charge in [0.2, 0.25) is 0 Å². The number of rotatable bonds is 5. The van der Waals surface area contributed by atoms with Crippen LogP contribution in [-0.2, 0) is 20.9 Å². The lowest BCUT2D eigenvalue weighted by Crippen LogP contribution is -2.22. The van der Waals surface area contributed by atoms with Crippen molar-refractivity contribution in [3.63, 3.8) is 0 Å². The van der Waals surface area contributed by atoms with Crippen LogP contribution in [0, 0.1) is 13.8 Å². The second kappa shape index (κ2) is 8.45. The van der Waals surface area contributed by atoms with Gasteiger partial charge in [-0.2, -0.15) is 4.99 Å². The molecule has 0 bridgehead atoms. The number of ether oxygens (including phenoxy) is 1. The van der Waals surface area contributed by atoms with Crippen LogP contribution in [0.1, 0.15) is 22.9 Å². The highest BCUT2D eigenvalue weighted by molar-refractivity contribution is 7.16. The highest BCUT2D eigenvalue weighted by Gasteiger charge is 2.13. The molecule has 0 saturated heterocycles. The zero-order valence-electron chi connectivity index (χ0n) is 15.4. The largest absolute Gasteiger partial charge is 0.465 e. The molecular weight excluding hydrogens is 380 g/mol. The van der Waals surface area contributed by atoms with Gasteiger partial charge >= 0.3 is 5.97 Å². The molecule has 1 amide bonds. The Balaban J connectivity index is 2.06. The highest BCUT2D eigenvalue weighted by Crippen LogP contribution is 2.23. The molecule has 140 valence electrons. The van der Waals surface area contributed by atoms with E-state index in [4.69, 9.17) is 4.74 Å². The van der Waals surface area contributed by atoms with E-state index in [0.717, 1.165) is 26.2 Å². The minimum absolute atomic E-state index is 0.0253. The summed E-state index contributed by atoms with van der Waals surface area (Å²) in [6, 6.07) is 7.94. The van der Waals surface area contributed by atoms with Gasteiger partial charge in [0.25, 0.3) is 5.91 Å². The molecule has 1 aromatic carbocycles. The highest BCUT2D eigenvalue weighted by atomic mass is 32.1. The molecule has 0 atom stereocenters. The number of carbonyl (C=O) groups excluding carboxylic acids is 2. The Kier molecular flexibility index (Phi) is 6.03. The summed E-state index contributed by atoms with van der Waals surface area (Å²) in [6.45, 7) is 6.13. The summed E-state index contributed by atoms with van der Waals surface area (Å²) in [6.07, 6.45) is 3.19. The molecule has 27 heavy (non-hydrogen) atoms. The Morgan fingerprint density at radius 1 is 1.30 bits per heavy atom. The molecule has 0 saturated carbocycles. The molecule has 2 aromatic heterocycles. The quantitative estimate of drug-likeness (QED) is 0.479. The molecular formula is C20H20N2O3S2. The Labute approximate surface area is 165 Å². The maximum Gasteiger partial charge on any atom is 0.326 e. The number of fused-ring (bicyclic) bond motifs is 1. The summed E-state index contributed by atoms with van der Waals surface area (Å²) in [5.41, 5.74) is 3.07. The maximum atomic E-state index is 12.3. The smallest absolute Gasteiger partial charge is 0.326 e. The third-order valence-corrected chi connectivity index (χ3v) is 5.91. The second-order valence-electron chi connectivity index (χ2n) is 6.00. The van der Waals surface area contributed by atoms with Crippen molar-refractivity contribution in [2.45, 2.75) is 27.3 Å². The Bertz CT molecular complexity index is 1070. The van der Waals surface area contributed by atoms with Gasteiger partial charge in [0, 0.05) is 11.0 Å². The van der Waals surface area contributed by atoms with Crippen molar-refractivity contribution in [3.05, 3.63) is 56.5 Å². The van der Waals surface area contributed by atoms with Crippen LogP contribution in [0.15, 0.2) is 40.7 Å². The molecule has 0 spiro atoms. The maximum absolute atomic E-state index is 12.3. The zero-order valence-corrected chi connectivity index (χ0v) is 17.0. The van der Waals surface area contributed by atoms with Gasteiger partial charge in [-0.1, -0.05) is 23.5 Å². The van der Waals surface area contributed by atoms with Crippen molar-refractivity contribution in [2.24, 2.45) is 4.99 Å². The van der Waals surface area contributed by atoms with Crippen LogP contribution in [-0.4, -0.2) is 23.1 Å². The van der Waals surface area contributed by atoms with E-state index >= 15 is 0 Å². The number of aryl methyl sites for hydroxylation is 2. The predicted octanol–water partition coefficient (Wildman–Crippen LogP) is 4.08. The molecule has 5 nitrogen and oxygen atoms in total. The Hall–Kier alpha value is -2.51. The first-order valence-electron chi connectivity index (χ1n) is 8.54. The van der Waals surface area contributed by atoms with Crippen LogP contribution < -0.4 is 4.80 Å². The number of thiazole rings is 1. The first kappa shape index (κ1) is 19.3. The molecule has 0 aliphatic carbocycles. The number of carbonyl (C=O) groups is 2. The van der Waals surface area contributed by atoms with E-state index in [0.29, 0.717) is 11.4 Å². The van der Waals surface area contributed by atoms with Gasteiger partial charge in [0.15, 0.2) is 4.80 Å². The average molecular weight is 401 g/mol. The Morgan fingerprint density at radius 3 is 2.81 bits per heavy atom. The number of esters is 1. The fourth-order valence-corrected chi connectivity index (χ4v) is 4.46.